The van der Waals surface area contributed by atoms with E-state index in [1.807, 2.05) is 29.0 Å². The fourth-order valence-electron chi connectivity index (χ4n) is 2.64. The van der Waals surface area contributed by atoms with Crippen molar-refractivity contribution in [2.75, 3.05) is 0 Å². The van der Waals surface area contributed by atoms with Gasteiger partial charge < -0.3 is 9.67 Å². The number of benzene rings is 1. The summed E-state index contributed by atoms with van der Waals surface area (Å²) < 4.78 is 2.85. The van der Waals surface area contributed by atoms with Gasteiger partial charge in [-0.2, -0.15) is 0 Å². The van der Waals surface area contributed by atoms with Crippen LogP contribution in [0.4, 0.5) is 0 Å². The van der Waals surface area contributed by atoms with E-state index in [9.17, 15) is 5.11 Å². The van der Waals surface area contributed by atoms with E-state index in [0.29, 0.717) is 10.0 Å². The molecule has 2 nitrogen and oxygen atoms in total. The molecule has 1 aromatic heterocycles. The predicted molar refractivity (Wildman–Crippen MR) is 81.4 cm³/mol. The maximum absolute atomic E-state index is 10.0. The first-order valence-electron chi connectivity index (χ1n) is 6.11. The van der Waals surface area contributed by atoms with Crippen molar-refractivity contribution in [1.29, 1.82) is 0 Å². The number of halogens is 3. The van der Waals surface area contributed by atoms with Gasteiger partial charge in [0.05, 0.1) is 21.8 Å². The second kappa shape index (κ2) is 5.13. The van der Waals surface area contributed by atoms with Gasteiger partial charge in [-0.05, 0) is 37.5 Å². The molecule has 0 fully saturated rings. The minimum Gasteiger partial charge on any atom is -0.388 e. The summed E-state index contributed by atoms with van der Waals surface area (Å²) in [6.07, 6.45) is 4.28. The van der Waals surface area contributed by atoms with E-state index in [-0.39, 0.29) is 6.10 Å². The van der Waals surface area contributed by atoms with E-state index in [2.05, 4.69) is 15.9 Å². The van der Waals surface area contributed by atoms with Crippen molar-refractivity contribution in [2.24, 2.45) is 0 Å². The number of nitrogens with zero attached hydrogens (tertiary/aromatic N) is 1. The van der Waals surface area contributed by atoms with Gasteiger partial charge >= 0.3 is 0 Å². The van der Waals surface area contributed by atoms with Crippen LogP contribution in [0.2, 0.25) is 10.0 Å². The Bertz CT molecular complexity index is 615. The molecule has 1 unspecified atom stereocenters. The number of aliphatic hydroxyl groups excluding tert-OH is 1. The molecule has 1 atom stereocenters. The maximum atomic E-state index is 10.0. The predicted octanol–water partition coefficient (Wildman–Crippen LogP) is 4.92. The van der Waals surface area contributed by atoms with Crippen molar-refractivity contribution >= 4 is 39.1 Å². The summed E-state index contributed by atoms with van der Waals surface area (Å²) in [4.78, 5) is 0. The molecular formula is C14H12BrCl2NO. The average Bonchev–Trinajstić information content (AvgIpc) is 2.73. The Morgan fingerprint density at radius 3 is 2.63 bits per heavy atom. The van der Waals surface area contributed by atoms with Crippen LogP contribution >= 0.6 is 39.1 Å². The Kier molecular flexibility index (Phi) is 3.65. The van der Waals surface area contributed by atoms with Crippen LogP contribution in [-0.2, 0) is 6.42 Å². The second-order valence-corrected chi connectivity index (χ2v) is 6.44. The Morgan fingerprint density at radius 1 is 1.26 bits per heavy atom. The zero-order valence-electron chi connectivity index (χ0n) is 10.0. The zero-order valence-corrected chi connectivity index (χ0v) is 13.1. The molecule has 0 bridgehead atoms. The number of hydrogen-bond acceptors (Lipinski definition) is 1. The minimum atomic E-state index is -0.377. The number of hydrogen-bond donors (Lipinski definition) is 1. The Labute approximate surface area is 130 Å². The summed E-state index contributed by atoms with van der Waals surface area (Å²) in [6, 6.07) is 5.61. The summed E-state index contributed by atoms with van der Waals surface area (Å²) in [5.41, 5.74) is 2.87. The first-order valence-corrected chi connectivity index (χ1v) is 7.66. The van der Waals surface area contributed by atoms with Gasteiger partial charge in [-0.1, -0.05) is 39.1 Å². The van der Waals surface area contributed by atoms with Gasteiger partial charge in [0.25, 0.3) is 0 Å². The fraction of sp³-hybridized carbons (Fsp3) is 0.286. The highest BCUT2D eigenvalue weighted by Crippen LogP contribution is 2.37. The molecule has 19 heavy (non-hydrogen) atoms. The highest BCUT2D eigenvalue weighted by molar-refractivity contribution is 9.10. The van der Waals surface area contributed by atoms with Crippen molar-refractivity contribution in [3.63, 3.8) is 0 Å². The molecule has 100 valence electrons. The van der Waals surface area contributed by atoms with Gasteiger partial charge in [0, 0.05) is 21.9 Å². The zero-order chi connectivity index (χ0) is 13.6. The first-order chi connectivity index (χ1) is 9.08. The molecule has 1 aromatic carbocycles. The third-order valence-corrected chi connectivity index (χ3v) is 4.53. The van der Waals surface area contributed by atoms with E-state index in [1.54, 1.807) is 0 Å². The van der Waals surface area contributed by atoms with Crippen LogP contribution in [0, 0.1) is 0 Å². The summed E-state index contributed by atoms with van der Waals surface area (Å²) >= 11 is 16.0. The molecule has 0 radical (unpaired) electrons. The monoisotopic (exact) mass is 359 g/mol. The molecule has 2 aromatic rings. The topological polar surface area (TPSA) is 25.2 Å². The largest absolute Gasteiger partial charge is 0.388 e. The van der Waals surface area contributed by atoms with Gasteiger partial charge in [0.2, 0.25) is 0 Å². The molecule has 3 rings (SSSR count). The summed E-state index contributed by atoms with van der Waals surface area (Å²) in [6.45, 7) is 0. The molecule has 1 aliphatic carbocycles. The highest BCUT2D eigenvalue weighted by atomic mass is 79.9. The van der Waals surface area contributed by atoms with Gasteiger partial charge in [-0.25, -0.2) is 0 Å². The SMILES string of the molecule is OC1CCCc2c1ccn2-c1c(Cl)cc(Br)cc1Cl. The normalized spacial score (nSPS) is 18.4. The van der Waals surface area contributed by atoms with Crippen LogP contribution in [0.25, 0.3) is 5.69 Å². The van der Waals surface area contributed by atoms with E-state index in [1.165, 1.54) is 0 Å². The van der Waals surface area contributed by atoms with Crippen molar-refractivity contribution in [2.45, 2.75) is 25.4 Å². The quantitative estimate of drug-likeness (QED) is 0.767. The number of fused-ring (bicyclic) bond motifs is 1. The maximum Gasteiger partial charge on any atom is 0.0828 e. The standard InChI is InChI=1S/C14H12BrCl2NO/c15-8-6-10(16)14(11(17)7-8)18-5-4-9-12(18)2-1-3-13(9)19/h4-7,13,19H,1-3H2. The fourth-order valence-corrected chi connectivity index (χ4v) is 4.03. The van der Waals surface area contributed by atoms with Gasteiger partial charge in [-0.3, -0.25) is 0 Å². The average molecular weight is 361 g/mol. The highest BCUT2D eigenvalue weighted by Gasteiger charge is 2.23. The minimum absolute atomic E-state index is 0.377. The van der Waals surface area contributed by atoms with Crippen LogP contribution in [0.15, 0.2) is 28.9 Å². The summed E-state index contributed by atoms with van der Waals surface area (Å²) in [5.74, 6) is 0. The van der Waals surface area contributed by atoms with E-state index in [4.69, 9.17) is 23.2 Å². The van der Waals surface area contributed by atoms with Gasteiger partial charge in [0.15, 0.2) is 0 Å². The lowest BCUT2D eigenvalue weighted by atomic mass is 9.95. The van der Waals surface area contributed by atoms with Crippen LogP contribution in [-0.4, -0.2) is 9.67 Å². The molecule has 0 saturated heterocycles. The molecule has 5 heteroatoms. The van der Waals surface area contributed by atoms with Crippen LogP contribution < -0.4 is 0 Å². The summed E-state index contributed by atoms with van der Waals surface area (Å²) in [5, 5.41) is 11.2. The molecular weight excluding hydrogens is 349 g/mol. The molecule has 0 spiro atoms. The lowest BCUT2D eigenvalue weighted by Gasteiger charge is -2.21. The van der Waals surface area contributed by atoms with E-state index < -0.39 is 0 Å². The molecule has 1 heterocycles. The molecule has 0 amide bonds. The van der Waals surface area contributed by atoms with Crippen molar-refractivity contribution in [1.82, 2.24) is 4.57 Å². The Hall–Kier alpha value is -0.480. The smallest absolute Gasteiger partial charge is 0.0828 e. The molecule has 1 aliphatic rings. The summed E-state index contributed by atoms with van der Waals surface area (Å²) in [7, 11) is 0. The van der Waals surface area contributed by atoms with Crippen LogP contribution in [0.3, 0.4) is 0 Å². The lowest BCUT2D eigenvalue weighted by molar-refractivity contribution is 0.156. The van der Waals surface area contributed by atoms with Crippen LogP contribution in [0.1, 0.15) is 30.2 Å². The number of aromatic nitrogens is 1. The Balaban J connectivity index is 2.19. The second-order valence-electron chi connectivity index (χ2n) is 4.71. The van der Waals surface area contributed by atoms with Gasteiger partial charge in [-0.15, -0.1) is 0 Å². The van der Waals surface area contributed by atoms with E-state index >= 15 is 0 Å². The lowest BCUT2D eigenvalue weighted by Crippen LogP contribution is -2.11. The third-order valence-electron chi connectivity index (χ3n) is 3.50. The number of rotatable bonds is 1. The molecule has 1 N–H and O–H groups in total. The van der Waals surface area contributed by atoms with Crippen molar-refractivity contribution < 1.29 is 5.11 Å². The first kappa shape index (κ1) is 13.5. The molecule has 0 aliphatic heterocycles. The van der Waals surface area contributed by atoms with Crippen LogP contribution in [0.5, 0.6) is 0 Å². The van der Waals surface area contributed by atoms with Gasteiger partial charge in [0.1, 0.15) is 0 Å². The number of aliphatic hydroxyl groups is 1. The molecule has 0 saturated carbocycles. The Morgan fingerprint density at radius 2 is 1.95 bits per heavy atom. The third kappa shape index (κ3) is 2.33. The van der Waals surface area contributed by atoms with Crippen molar-refractivity contribution in [3.05, 3.63) is 50.2 Å². The van der Waals surface area contributed by atoms with Crippen molar-refractivity contribution in [3.8, 4) is 5.69 Å². The van der Waals surface area contributed by atoms with E-state index in [0.717, 1.165) is 40.7 Å².